The van der Waals surface area contributed by atoms with E-state index in [9.17, 15) is 10.2 Å². The van der Waals surface area contributed by atoms with Gasteiger partial charge in [0.05, 0.1) is 5.60 Å². The highest BCUT2D eigenvalue weighted by Gasteiger charge is 2.27. The van der Waals surface area contributed by atoms with Crippen molar-refractivity contribution in [3.63, 3.8) is 0 Å². The normalized spacial score (nSPS) is 15.8. The molecule has 2 nitrogen and oxygen atoms in total. The summed E-state index contributed by atoms with van der Waals surface area (Å²) in [6.07, 6.45) is 0. The van der Waals surface area contributed by atoms with Gasteiger partial charge in [0.1, 0.15) is 5.75 Å². The van der Waals surface area contributed by atoms with E-state index < -0.39 is 5.60 Å². The summed E-state index contributed by atoms with van der Waals surface area (Å²) in [7, 11) is 0. The number of aromatic hydroxyl groups is 1. The lowest BCUT2D eigenvalue weighted by molar-refractivity contribution is 0.00887. The predicted molar refractivity (Wildman–Crippen MR) is 52.5 cm³/mol. The van der Waals surface area contributed by atoms with E-state index in [1.807, 2.05) is 19.9 Å². The van der Waals surface area contributed by atoms with Crippen molar-refractivity contribution in [2.45, 2.75) is 26.4 Å². The summed E-state index contributed by atoms with van der Waals surface area (Å²) >= 11 is 0. The number of hydrogen-bond acceptors (Lipinski definition) is 2. The smallest absolute Gasteiger partial charge is 0.115 e. The fourth-order valence-electron chi connectivity index (χ4n) is 1.15. The molecule has 0 aliphatic rings. The van der Waals surface area contributed by atoms with E-state index in [0.29, 0.717) is 0 Å². The standard InChI is InChI=1S/C11H16O2/c1-8(2)11(3,13)9-5-4-6-10(12)7-9/h4-8,12-13H,1-3H3. The van der Waals surface area contributed by atoms with Gasteiger partial charge in [0, 0.05) is 0 Å². The zero-order valence-corrected chi connectivity index (χ0v) is 8.28. The van der Waals surface area contributed by atoms with Gasteiger partial charge in [-0.1, -0.05) is 26.0 Å². The Bertz CT molecular complexity index is 290. The van der Waals surface area contributed by atoms with Crippen molar-refractivity contribution in [3.05, 3.63) is 29.8 Å². The average Bonchev–Trinajstić information content (AvgIpc) is 2.04. The molecule has 0 heterocycles. The van der Waals surface area contributed by atoms with Crippen molar-refractivity contribution in [2.75, 3.05) is 0 Å². The fourth-order valence-corrected chi connectivity index (χ4v) is 1.15. The zero-order valence-electron chi connectivity index (χ0n) is 8.28. The van der Waals surface area contributed by atoms with Gasteiger partial charge in [-0.2, -0.15) is 0 Å². The Hall–Kier alpha value is -1.02. The summed E-state index contributed by atoms with van der Waals surface area (Å²) in [6, 6.07) is 6.75. The van der Waals surface area contributed by atoms with E-state index >= 15 is 0 Å². The molecular weight excluding hydrogens is 164 g/mol. The van der Waals surface area contributed by atoms with Crippen LogP contribution in [0.25, 0.3) is 0 Å². The fraction of sp³-hybridized carbons (Fsp3) is 0.455. The number of rotatable bonds is 2. The first-order valence-corrected chi connectivity index (χ1v) is 4.46. The van der Waals surface area contributed by atoms with Crippen molar-refractivity contribution >= 4 is 0 Å². The Morgan fingerprint density at radius 3 is 2.38 bits per heavy atom. The molecule has 0 saturated carbocycles. The van der Waals surface area contributed by atoms with Crippen LogP contribution >= 0.6 is 0 Å². The Morgan fingerprint density at radius 1 is 1.31 bits per heavy atom. The first kappa shape index (κ1) is 10.1. The van der Waals surface area contributed by atoms with Crippen LogP contribution in [0.4, 0.5) is 0 Å². The average molecular weight is 180 g/mol. The molecule has 0 saturated heterocycles. The van der Waals surface area contributed by atoms with E-state index in [1.54, 1.807) is 25.1 Å². The number of hydrogen-bond donors (Lipinski definition) is 2. The number of aliphatic hydroxyl groups is 1. The van der Waals surface area contributed by atoms with Crippen molar-refractivity contribution in [1.82, 2.24) is 0 Å². The summed E-state index contributed by atoms with van der Waals surface area (Å²) in [5.41, 5.74) is -0.124. The van der Waals surface area contributed by atoms with E-state index in [-0.39, 0.29) is 11.7 Å². The van der Waals surface area contributed by atoms with Crippen LogP contribution in [0.15, 0.2) is 24.3 Å². The maximum Gasteiger partial charge on any atom is 0.115 e. The third-order valence-electron chi connectivity index (χ3n) is 2.55. The monoisotopic (exact) mass is 180 g/mol. The Kier molecular flexibility index (Phi) is 2.62. The number of phenols is 1. The number of phenolic OH excluding ortho intramolecular Hbond substituents is 1. The summed E-state index contributed by atoms with van der Waals surface area (Å²) in [5.74, 6) is 0.313. The van der Waals surface area contributed by atoms with Gasteiger partial charge in [-0.25, -0.2) is 0 Å². The van der Waals surface area contributed by atoms with E-state index in [1.165, 1.54) is 0 Å². The van der Waals surface area contributed by atoms with Gasteiger partial charge in [-0.3, -0.25) is 0 Å². The summed E-state index contributed by atoms with van der Waals surface area (Å²) in [4.78, 5) is 0. The van der Waals surface area contributed by atoms with Crippen LogP contribution in [0, 0.1) is 5.92 Å². The molecule has 1 aromatic carbocycles. The highest BCUT2D eigenvalue weighted by molar-refractivity contribution is 5.31. The summed E-state index contributed by atoms with van der Waals surface area (Å²) in [6.45, 7) is 5.65. The Labute approximate surface area is 78.8 Å². The second-order valence-corrected chi connectivity index (χ2v) is 3.85. The zero-order chi connectivity index (χ0) is 10.1. The minimum atomic E-state index is -0.876. The van der Waals surface area contributed by atoms with Crippen molar-refractivity contribution in [1.29, 1.82) is 0 Å². The molecule has 1 rings (SSSR count). The molecule has 1 aromatic rings. The maximum absolute atomic E-state index is 10.1. The van der Waals surface area contributed by atoms with E-state index in [2.05, 4.69) is 0 Å². The van der Waals surface area contributed by atoms with Gasteiger partial charge in [0.25, 0.3) is 0 Å². The molecular formula is C11H16O2. The van der Waals surface area contributed by atoms with Crippen LogP contribution in [-0.4, -0.2) is 10.2 Å². The van der Waals surface area contributed by atoms with Gasteiger partial charge in [0.2, 0.25) is 0 Å². The molecule has 0 aliphatic carbocycles. The van der Waals surface area contributed by atoms with Gasteiger partial charge < -0.3 is 10.2 Å². The van der Waals surface area contributed by atoms with Gasteiger partial charge in [0.15, 0.2) is 0 Å². The van der Waals surface area contributed by atoms with Crippen LogP contribution in [0.2, 0.25) is 0 Å². The largest absolute Gasteiger partial charge is 0.508 e. The second kappa shape index (κ2) is 3.38. The molecule has 0 aromatic heterocycles. The SMILES string of the molecule is CC(C)C(C)(O)c1cccc(O)c1. The van der Waals surface area contributed by atoms with Gasteiger partial charge in [-0.15, -0.1) is 0 Å². The van der Waals surface area contributed by atoms with E-state index in [0.717, 1.165) is 5.56 Å². The quantitative estimate of drug-likeness (QED) is 0.732. The molecule has 0 spiro atoms. The molecule has 2 heteroatoms. The Balaban J connectivity index is 3.07. The topological polar surface area (TPSA) is 40.5 Å². The third-order valence-corrected chi connectivity index (χ3v) is 2.55. The molecule has 0 amide bonds. The van der Waals surface area contributed by atoms with Crippen molar-refractivity contribution < 1.29 is 10.2 Å². The number of benzene rings is 1. The lowest BCUT2D eigenvalue weighted by atomic mass is 9.85. The molecule has 13 heavy (non-hydrogen) atoms. The minimum Gasteiger partial charge on any atom is -0.508 e. The molecule has 1 unspecified atom stereocenters. The van der Waals surface area contributed by atoms with Crippen LogP contribution in [0.1, 0.15) is 26.3 Å². The predicted octanol–water partition coefficient (Wildman–Crippen LogP) is 2.26. The van der Waals surface area contributed by atoms with Gasteiger partial charge >= 0.3 is 0 Å². The molecule has 0 bridgehead atoms. The first-order valence-electron chi connectivity index (χ1n) is 4.46. The Morgan fingerprint density at radius 2 is 1.92 bits per heavy atom. The lowest BCUT2D eigenvalue weighted by Gasteiger charge is -2.28. The highest BCUT2D eigenvalue weighted by Crippen LogP contribution is 2.30. The maximum atomic E-state index is 10.1. The van der Waals surface area contributed by atoms with Crippen molar-refractivity contribution in [3.8, 4) is 5.75 Å². The van der Waals surface area contributed by atoms with E-state index in [4.69, 9.17) is 0 Å². The molecule has 0 fully saturated rings. The molecule has 0 aliphatic heterocycles. The molecule has 72 valence electrons. The van der Waals surface area contributed by atoms with Crippen LogP contribution in [0.5, 0.6) is 5.75 Å². The second-order valence-electron chi connectivity index (χ2n) is 3.85. The lowest BCUT2D eigenvalue weighted by Crippen LogP contribution is -2.27. The molecule has 1 atom stereocenters. The van der Waals surface area contributed by atoms with Crippen LogP contribution < -0.4 is 0 Å². The highest BCUT2D eigenvalue weighted by atomic mass is 16.3. The molecule has 0 radical (unpaired) electrons. The minimum absolute atomic E-state index is 0.120. The third kappa shape index (κ3) is 2.01. The molecule has 2 N–H and O–H groups in total. The van der Waals surface area contributed by atoms with Crippen LogP contribution in [0.3, 0.4) is 0 Å². The summed E-state index contributed by atoms with van der Waals surface area (Å²) < 4.78 is 0. The van der Waals surface area contributed by atoms with Crippen LogP contribution in [-0.2, 0) is 5.60 Å². The van der Waals surface area contributed by atoms with Gasteiger partial charge in [-0.05, 0) is 30.5 Å². The summed E-state index contributed by atoms with van der Waals surface area (Å²) in [5, 5.41) is 19.3. The first-order chi connectivity index (χ1) is 5.94. The van der Waals surface area contributed by atoms with Crippen molar-refractivity contribution in [2.24, 2.45) is 5.92 Å².